The van der Waals surface area contributed by atoms with Gasteiger partial charge in [0.05, 0.1) is 5.50 Å². The summed E-state index contributed by atoms with van der Waals surface area (Å²) in [7, 11) is -1.87. The normalized spacial score (nSPS) is 18.9. The Bertz CT molecular complexity index is 227. The van der Waals surface area contributed by atoms with Gasteiger partial charge in [0.1, 0.15) is 0 Å². The summed E-state index contributed by atoms with van der Waals surface area (Å²) in [6, 6.07) is 2.16. The molecular weight excluding hydrogens is 252 g/mol. The number of hydrogen-bond donors (Lipinski definition) is 0. The van der Waals surface area contributed by atoms with Gasteiger partial charge in [0.25, 0.3) is 14.3 Å². The average molecular weight is 277 g/mol. The zero-order valence-corrected chi connectivity index (χ0v) is 12.7. The standard InChI is InChI=1S/C13H25ClO2Si/c1-2-3-4-6-9-13(15)16-17(12-14)10-7-5-8-11-17/h2-12H2,1H3. The predicted octanol–water partition coefficient (Wildman–Crippen LogP) is 4.41. The molecule has 1 heterocycles. The minimum atomic E-state index is -1.87. The van der Waals surface area contributed by atoms with Gasteiger partial charge < -0.3 is 4.43 Å². The molecule has 1 saturated heterocycles. The predicted molar refractivity (Wildman–Crippen MR) is 74.8 cm³/mol. The third kappa shape index (κ3) is 5.43. The monoisotopic (exact) mass is 276 g/mol. The van der Waals surface area contributed by atoms with Crippen LogP contribution in [-0.2, 0) is 9.22 Å². The molecule has 1 aliphatic heterocycles. The summed E-state index contributed by atoms with van der Waals surface area (Å²) in [6.07, 6.45) is 8.79. The summed E-state index contributed by atoms with van der Waals surface area (Å²) in [5.74, 6) is 0.00956. The number of carbonyl (C=O) groups is 1. The van der Waals surface area contributed by atoms with E-state index in [0.717, 1.165) is 24.9 Å². The highest BCUT2D eigenvalue weighted by Gasteiger charge is 2.38. The van der Waals surface area contributed by atoms with E-state index in [-0.39, 0.29) is 5.97 Å². The van der Waals surface area contributed by atoms with Crippen molar-refractivity contribution in [2.45, 2.75) is 70.4 Å². The van der Waals surface area contributed by atoms with Crippen molar-refractivity contribution in [3.63, 3.8) is 0 Å². The fourth-order valence-corrected chi connectivity index (χ4v) is 6.56. The number of hydrogen-bond acceptors (Lipinski definition) is 2. The number of alkyl halides is 1. The van der Waals surface area contributed by atoms with E-state index >= 15 is 0 Å². The second-order valence-corrected chi connectivity index (χ2v) is 9.80. The Balaban J connectivity index is 2.27. The highest BCUT2D eigenvalue weighted by molar-refractivity contribution is 6.81. The lowest BCUT2D eigenvalue weighted by molar-refractivity contribution is -0.135. The van der Waals surface area contributed by atoms with Gasteiger partial charge in [0.2, 0.25) is 0 Å². The van der Waals surface area contributed by atoms with Crippen molar-refractivity contribution in [2.24, 2.45) is 0 Å². The van der Waals surface area contributed by atoms with E-state index in [0.29, 0.717) is 11.9 Å². The molecule has 1 aliphatic rings. The first-order valence-electron chi connectivity index (χ1n) is 7.00. The first-order chi connectivity index (χ1) is 8.22. The van der Waals surface area contributed by atoms with Crippen LogP contribution >= 0.6 is 11.6 Å². The molecule has 0 N–H and O–H groups in total. The molecule has 0 radical (unpaired) electrons. The van der Waals surface area contributed by atoms with E-state index < -0.39 is 8.32 Å². The molecule has 1 fully saturated rings. The van der Waals surface area contributed by atoms with Crippen LogP contribution in [0.3, 0.4) is 0 Å². The van der Waals surface area contributed by atoms with Crippen LogP contribution in [0.15, 0.2) is 0 Å². The molecule has 0 amide bonds. The summed E-state index contributed by atoms with van der Waals surface area (Å²) < 4.78 is 5.78. The fourth-order valence-electron chi connectivity index (χ4n) is 2.45. The Morgan fingerprint density at radius 1 is 1.18 bits per heavy atom. The van der Waals surface area contributed by atoms with E-state index in [9.17, 15) is 4.79 Å². The van der Waals surface area contributed by atoms with Crippen LogP contribution < -0.4 is 0 Å². The molecule has 4 heteroatoms. The lowest BCUT2D eigenvalue weighted by Gasteiger charge is -2.32. The number of carbonyl (C=O) groups excluding carboxylic acids is 1. The van der Waals surface area contributed by atoms with Crippen LogP contribution in [0.5, 0.6) is 0 Å². The van der Waals surface area contributed by atoms with Crippen LogP contribution in [-0.4, -0.2) is 19.8 Å². The average Bonchev–Trinajstić information content (AvgIpc) is 2.36. The second kappa shape index (κ2) is 8.14. The quantitative estimate of drug-likeness (QED) is 0.391. The largest absolute Gasteiger partial charge is 0.518 e. The van der Waals surface area contributed by atoms with Crippen LogP contribution in [0.2, 0.25) is 12.1 Å². The Hall–Kier alpha value is -0.0231. The highest BCUT2D eigenvalue weighted by Crippen LogP contribution is 2.30. The minimum absolute atomic E-state index is 0.00956. The smallest absolute Gasteiger partial charge is 0.292 e. The molecule has 0 aromatic rings. The van der Waals surface area contributed by atoms with Gasteiger partial charge in [-0.1, -0.05) is 45.4 Å². The van der Waals surface area contributed by atoms with Gasteiger partial charge in [0.15, 0.2) is 0 Å². The van der Waals surface area contributed by atoms with Crippen LogP contribution in [0.1, 0.15) is 58.3 Å². The molecule has 0 aromatic heterocycles. The van der Waals surface area contributed by atoms with Gasteiger partial charge in [-0.2, -0.15) is 0 Å². The second-order valence-electron chi connectivity index (χ2n) is 5.16. The lowest BCUT2D eigenvalue weighted by atomic mass is 10.2. The number of rotatable bonds is 7. The zero-order valence-electron chi connectivity index (χ0n) is 11.0. The summed E-state index contributed by atoms with van der Waals surface area (Å²) in [5, 5.41) is 0. The maximum absolute atomic E-state index is 11.8. The summed E-state index contributed by atoms with van der Waals surface area (Å²) in [4.78, 5) is 11.8. The maximum atomic E-state index is 11.8. The Morgan fingerprint density at radius 3 is 2.47 bits per heavy atom. The van der Waals surface area contributed by atoms with Crippen molar-refractivity contribution in [3.05, 3.63) is 0 Å². The van der Waals surface area contributed by atoms with Crippen LogP contribution in [0.25, 0.3) is 0 Å². The van der Waals surface area contributed by atoms with Gasteiger partial charge in [-0.05, 0) is 18.5 Å². The Morgan fingerprint density at radius 2 is 1.88 bits per heavy atom. The third-order valence-corrected chi connectivity index (χ3v) is 8.71. The molecule has 0 aromatic carbocycles. The molecular formula is C13H25ClO2Si. The SMILES string of the molecule is CCCCCCC(=O)O[Si]1(CCl)CCCCC1. The van der Waals surface area contributed by atoms with Crippen molar-refractivity contribution in [3.8, 4) is 0 Å². The van der Waals surface area contributed by atoms with E-state index in [2.05, 4.69) is 6.92 Å². The first-order valence-corrected chi connectivity index (χ1v) is 10.1. The fraction of sp³-hybridized carbons (Fsp3) is 0.923. The lowest BCUT2D eigenvalue weighted by Crippen LogP contribution is -2.44. The highest BCUT2D eigenvalue weighted by atomic mass is 35.5. The Kier molecular flexibility index (Phi) is 7.20. The molecule has 0 aliphatic carbocycles. The molecule has 17 heavy (non-hydrogen) atoms. The summed E-state index contributed by atoms with van der Waals surface area (Å²) >= 11 is 6.05. The maximum Gasteiger partial charge on any atom is 0.292 e. The van der Waals surface area contributed by atoms with Gasteiger partial charge in [-0.3, -0.25) is 4.79 Å². The number of halogens is 1. The van der Waals surface area contributed by atoms with Crippen molar-refractivity contribution in [1.29, 1.82) is 0 Å². The summed E-state index contributed by atoms with van der Waals surface area (Å²) in [6.45, 7) is 2.18. The van der Waals surface area contributed by atoms with E-state index in [4.69, 9.17) is 16.0 Å². The molecule has 1 rings (SSSR count). The van der Waals surface area contributed by atoms with E-state index in [1.807, 2.05) is 0 Å². The van der Waals surface area contributed by atoms with Gasteiger partial charge in [-0.25, -0.2) is 0 Å². The molecule has 0 bridgehead atoms. The zero-order chi connectivity index (χ0) is 12.6. The molecule has 0 unspecified atom stereocenters. The first kappa shape index (κ1) is 15.0. The van der Waals surface area contributed by atoms with Crippen molar-refractivity contribution in [1.82, 2.24) is 0 Å². The third-order valence-electron chi connectivity index (χ3n) is 3.57. The topological polar surface area (TPSA) is 26.3 Å². The van der Waals surface area contributed by atoms with E-state index in [1.165, 1.54) is 32.1 Å². The summed E-state index contributed by atoms with van der Waals surface area (Å²) in [5.41, 5.74) is 0.591. The molecule has 2 nitrogen and oxygen atoms in total. The molecule has 100 valence electrons. The van der Waals surface area contributed by atoms with Gasteiger partial charge >= 0.3 is 0 Å². The van der Waals surface area contributed by atoms with Crippen LogP contribution in [0.4, 0.5) is 0 Å². The minimum Gasteiger partial charge on any atom is -0.518 e. The van der Waals surface area contributed by atoms with Crippen molar-refractivity contribution >= 4 is 25.9 Å². The molecule has 0 spiro atoms. The van der Waals surface area contributed by atoms with E-state index in [1.54, 1.807) is 0 Å². The van der Waals surface area contributed by atoms with Crippen molar-refractivity contribution in [2.75, 3.05) is 5.50 Å². The number of unbranched alkanes of at least 4 members (excludes halogenated alkanes) is 3. The molecule has 0 saturated carbocycles. The van der Waals surface area contributed by atoms with Gasteiger partial charge in [-0.15, -0.1) is 11.6 Å². The van der Waals surface area contributed by atoms with Gasteiger partial charge in [0, 0.05) is 6.42 Å². The van der Waals surface area contributed by atoms with Crippen molar-refractivity contribution < 1.29 is 9.22 Å². The van der Waals surface area contributed by atoms with Crippen LogP contribution in [0, 0.1) is 0 Å². The Labute approximate surface area is 111 Å². The molecule has 0 atom stereocenters.